The number of hydrogen-bond acceptors (Lipinski definition) is 5. The minimum Gasteiger partial charge on any atom is -0.369 e. The largest absolute Gasteiger partial charge is 0.369 e. The number of carbonyl (C=O) groups excluding carboxylic acids is 2. The lowest BCUT2D eigenvalue weighted by atomic mass is 10.1. The molecule has 1 fully saturated rings. The van der Waals surface area contributed by atoms with E-state index in [1.807, 2.05) is 19.2 Å². The standard InChI is InChI=1S/C10H19N3O4/c1-10(2)6-12-3-7(17-10)4-16-5-8(14)13-9(11)15/h7,12H,3-6H2,1-2H3,(H3,11,13,14,15). The van der Waals surface area contributed by atoms with Gasteiger partial charge in [-0.15, -0.1) is 0 Å². The van der Waals surface area contributed by atoms with Crippen LogP contribution in [-0.4, -0.2) is 49.9 Å². The number of imide groups is 1. The maximum Gasteiger partial charge on any atom is 0.318 e. The topological polar surface area (TPSA) is 103 Å². The van der Waals surface area contributed by atoms with Crippen molar-refractivity contribution in [1.82, 2.24) is 10.6 Å². The Labute approximate surface area is 100 Å². The number of nitrogens with two attached hydrogens (primary N) is 1. The van der Waals surface area contributed by atoms with Gasteiger partial charge in [-0.3, -0.25) is 10.1 Å². The van der Waals surface area contributed by atoms with E-state index in [-0.39, 0.29) is 18.3 Å². The second-order valence-corrected chi connectivity index (χ2v) is 4.56. The van der Waals surface area contributed by atoms with Gasteiger partial charge in [0.1, 0.15) is 6.61 Å². The SMILES string of the molecule is CC1(C)CNCC(COCC(=O)NC(N)=O)O1. The molecule has 0 aromatic rings. The van der Waals surface area contributed by atoms with Crippen molar-refractivity contribution in [1.29, 1.82) is 0 Å². The number of urea groups is 1. The molecule has 3 amide bonds. The Bertz CT molecular complexity index is 293. The zero-order valence-corrected chi connectivity index (χ0v) is 10.1. The van der Waals surface area contributed by atoms with Gasteiger partial charge in [-0.1, -0.05) is 0 Å². The molecule has 17 heavy (non-hydrogen) atoms. The molecule has 0 aromatic carbocycles. The Morgan fingerprint density at radius 3 is 2.88 bits per heavy atom. The molecule has 0 bridgehead atoms. The van der Waals surface area contributed by atoms with Crippen LogP contribution in [0, 0.1) is 0 Å². The molecule has 98 valence electrons. The second-order valence-electron chi connectivity index (χ2n) is 4.56. The molecule has 0 aliphatic carbocycles. The van der Waals surface area contributed by atoms with Gasteiger partial charge in [0.05, 0.1) is 18.3 Å². The van der Waals surface area contributed by atoms with E-state index in [1.54, 1.807) is 0 Å². The number of hydrogen-bond donors (Lipinski definition) is 3. The van der Waals surface area contributed by atoms with Gasteiger partial charge in [0.25, 0.3) is 5.91 Å². The van der Waals surface area contributed by atoms with Crippen LogP contribution in [0.4, 0.5) is 4.79 Å². The monoisotopic (exact) mass is 245 g/mol. The summed E-state index contributed by atoms with van der Waals surface area (Å²) in [6, 6.07) is -0.879. The summed E-state index contributed by atoms with van der Waals surface area (Å²) in [5, 5.41) is 5.13. The average Bonchev–Trinajstić information content (AvgIpc) is 2.14. The molecule has 7 heteroatoms. The molecule has 1 atom stereocenters. The minimum atomic E-state index is -0.879. The highest BCUT2D eigenvalue weighted by Gasteiger charge is 2.28. The van der Waals surface area contributed by atoms with Crippen LogP contribution in [-0.2, 0) is 14.3 Å². The molecule has 0 aromatic heterocycles. The van der Waals surface area contributed by atoms with E-state index in [2.05, 4.69) is 5.32 Å². The highest BCUT2D eigenvalue weighted by molar-refractivity contribution is 5.94. The first kappa shape index (κ1) is 13.9. The maximum absolute atomic E-state index is 11.0. The third kappa shape index (κ3) is 5.62. The Morgan fingerprint density at radius 1 is 1.59 bits per heavy atom. The van der Waals surface area contributed by atoms with Crippen molar-refractivity contribution >= 4 is 11.9 Å². The van der Waals surface area contributed by atoms with Gasteiger partial charge in [0.15, 0.2) is 0 Å². The van der Waals surface area contributed by atoms with Crippen molar-refractivity contribution in [2.45, 2.75) is 25.6 Å². The fourth-order valence-corrected chi connectivity index (χ4v) is 1.62. The molecule has 0 saturated carbocycles. The second kappa shape index (κ2) is 5.95. The highest BCUT2D eigenvalue weighted by atomic mass is 16.5. The number of primary amides is 1. The fraction of sp³-hybridized carbons (Fsp3) is 0.800. The Hall–Kier alpha value is -1.18. The summed E-state index contributed by atoms with van der Waals surface area (Å²) in [6.07, 6.45) is -0.0971. The Kier molecular flexibility index (Phi) is 4.86. The van der Waals surface area contributed by atoms with E-state index in [4.69, 9.17) is 15.2 Å². The lowest BCUT2D eigenvalue weighted by Gasteiger charge is -2.36. The molecular weight excluding hydrogens is 226 g/mol. The smallest absolute Gasteiger partial charge is 0.318 e. The zero-order chi connectivity index (χ0) is 12.9. The summed E-state index contributed by atoms with van der Waals surface area (Å²) in [5.74, 6) is -0.555. The maximum atomic E-state index is 11.0. The summed E-state index contributed by atoms with van der Waals surface area (Å²) in [5.41, 5.74) is 4.55. The summed E-state index contributed by atoms with van der Waals surface area (Å²) in [7, 11) is 0. The van der Waals surface area contributed by atoms with E-state index in [9.17, 15) is 9.59 Å². The van der Waals surface area contributed by atoms with Gasteiger partial charge in [0.2, 0.25) is 0 Å². The van der Waals surface area contributed by atoms with Crippen molar-refractivity contribution in [2.75, 3.05) is 26.3 Å². The van der Waals surface area contributed by atoms with Crippen LogP contribution in [0.15, 0.2) is 0 Å². The summed E-state index contributed by atoms with van der Waals surface area (Å²) in [6.45, 7) is 5.51. The summed E-state index contributed by atoms with van der Waals surface area (Å²) in [4.78, 5) is 21.4. The summed E-state index contributed by atoms with van der Waals surface area (Å²) >= 11 is 0. The Morgan fingerprint density at radius 2 is 2.29 bits per heavy atom. The molecule has 0 spiro atoms. The lowest BCUT2D eigenvalue weighted by molar-refractivity contribution is -0.134. The van der Waals surface area contributed by atoms with Crippen LogP contribution >= 0.6 is 0 Å². The van der Waals surface area contributed by atoms with Crippen LogP contribution < -0.4 is 16.4 Å². The van der Waals surface area contributed by atoms with Gasteiger partial charge >= 0.3 is 6.03 Å². The highest BCUT2D eigenvalue weighted by Crippen LogP contribution is 2.15. The summed E-state index contributed by atoms with van der Waals surface area (Å²) < 4.78 is 10.9. The van der Waals surface area contributed by atoms with Gasteiger partial charge in [0, 0.05) is 13.1 Å². The number of rotatable bonds is 4. The van der Waals surface area contributed by atoms with E-state index < -0.39 is 11.9 Å². The van der Waals surface area contributed by atoms with Gasteiger partial charge in [-0.2, -0.15) is 0 Å². The van der Waals surface area contributed by atoms with Gasteiger partial charge in [-0.25, -0.2) is 4.79 Å². The van der Waals surface area contributed by atoms with Crippen molar-refractivity contribution < 1.29 is 19.1 Å². The first-order chi connectivity index (χ1) is 7.89. The molecule has 4 N–H and O–H groups in total. The van der Waals surface area contributed by atoms with Crippen molar-refractivity contribution in [3.63, 3.8) is 0 Å². The van der Waals surface area contributed by atoms with Crippen LogP contribution in [0.3, 0.4) is 0 Å². The van der Waals surface area contributed by atoms with Crippen molar-refractivity contribution in [3.05, 3.63) is 0 Å². The molecule has 1 aliphatic heterocycles. The van der Waals surface area contributed by atoms with E-state index in [1.165, 1.54) is 0 Å². The van der Waals surface area contributed by atoms with Gasteiger partial charge < -0.3 is 20.5 Å². The quantitative estimate of drug-likeness (QED) is 0.587. The minimum absolute atomic E-state index is 0.0971. The van der Waals surface area contributed by atoms with Crippen LogP contribution in [0.1, 0.15) is 13.8 Å². The average molecular weight is 245 g/mol. The molecule has 1 aliphatic rings. The Balaban J connectivity index is 2.18. The zero-order valence-electron chi connectivity index (χ0n) is 10.1. The lowest BCUT2D eigenvalue weighted by Crippen LogP contribution is -2.52. The number of nitrogens with one attached hydrogen (secondary N) is 2. The first-order valence-corrected chi connectivity index (χ1v) is 5.44. The van der Waals surface area contributed by atoms with Crippen LogP contribution in [0.25, 0.3) is 0 Å². The molecule has 1 saturated heterocycles. The molecule has 0 radical (unpaired) electrons. The van der Waals surface area contributed by atoms with Crippen LogP contribution in [0.5, 0.6) is 0 Å². The predicted molar refractivity (Wildman–Crippen MR) is 60.4 cm³/mol. The van der Waals surface area contributed by atoms with E-state index in [0.29, 0.717) is 13.2 Å². The molecule has 1 unspecified atom stereocenters. The normalized spacial score (nSPS) is 23.1. The fourth-order valence-electron chi connectivity index (χ4n) is 1.62. The molecular formula is C10H19N3O4. The van der Waals surface area contributed by atoms with Crippen LogP contribution in [0.2, 0.25) is 0 Å². The van der Waals surface area contributed by atoms with Crippen molar-refractivity contribution in [2.24, 2.45) is 5.73 Å². The number of morpholine rings is 1. The van der Waals surface area contributed by atoms with Crippen molar-refractivity contribution in [3.8, 4) is 0 Å². The number of carbonyl (C=O) groups is 2. The number of amides is 3. The first-order valence-electron chi connectivity index (χ1n) is 5.44. The molecule has 1 heterocycles. The third-order valence-corrected chi connectivity index (χ3v) is 2.21. The molecule has 1 rings (SSSR count). The predicted octanol–water partition coefficient (Wildman–Crippen LogP) is -1.04. The third-order valence-electron chi connectivity index (χ3n) is 2.21. The number of ether oxygens (including phenoxy) is 2. The van der Waals surface area contributed by atoms with E-state index in [0.717, 1.165) is 6.54 Å². The molecule has 7 nitrogen and oxygen atoms in total. The van der Waals surface area contributed by atoms with Gasteiger partial charge in [-0.05, 0) is 13.8 Å². The van der Waals surface area contributed by atoms with E-state index >= 15 is 0 Å².